The van der Waals surface area contributed by atoms with Crippen LogP contribution in [0, 0.1) is 5.92 Å². The van der Waals surface area contributed by atoms with Gasteiger partial charge in [-0.1, -0.05) is 44.2 Å². The van der Waals surface area contributed by atoms with Crippen molar-refractivity contribution in [2.24, 2.45) is 5.92 Å². The highest BCUT2D eigenvalue weighted by Gasteiger charge is 2.11. The van der Waals surface area contributed by atoms with Crippen LogP contribution in [0.1, 0.15) is 29.8 Å². The predicted molar refractivity (Wildman–Crippen MR) is 71.3 cm³/mol. The summed E-state index contributed by atoms with van der Waals surface area (Å²) in [4.78, 5) is 11.8. The van der Waals surface area contributed by atoms with Crippen LogP contribution in [-0.2, 0) is 6.54 Å². The van der Waals surface area contributed by atoms with Crippen molar-refractivity contribution in [1.29, 1.82) is 0 Å². The van der Waals surface area contributed by atoms with Gasteiger partial charge in [-0.15, -0.1) is 0 Å². The molecule has 18 heavy (non-hydrogen) atoms. The first-order valence-electron chi connectivity index (χ1n) is 6.24. The number of benzene rings is 1. The van der Waals surface area contributed by atoms with E-state index in [4.69, 9.17) is 0 Å². The van der Waals surface area contributed by atoms with Gasteiger partial charge in [0.1, 0.15) is 0 Å². The molecule has 0 radical (unpaired) electrons. The minimum atomic E-state index is 0.0509. The Morgan fingerprint density at radius 1 is 1.06 bits per heavy atom. The average molecular weight is 240 g/mol. The fourth-order valence-corrected chi connectivity index (χ4v) is 1.85. The van der Waals surface area contributed by atoms with E-state index in [2.05, 4.69) is 16.7 Å². The summed E-state index contributed by atoms with van der Waals surface area (Å²) in [5.41, 5.74) is 2.04. The summed E-state index contributed by atoms with van der Waals surface area (Å²) in [6.07, 6.45) is 3.92. The number of nitrogens with zero attached hydrogens (tertiary/aromatic N) is 1. The lowest BCUT2D eigenvalue weighted by Gasteiger charge is -2.03. The molecule has 92 valence electrons. The van der Waals surface area contributed by atoms with Gasteiger partial charge < -0.3 is 0 Å². The van der Waals surface area contributed by atoms with Crippen LogP contribution in [0.5, 0.6) is 0 Å². The largest absolute Gasteiger partial charge is 0.294 e. The maximum Gasteiger partial charge on any atom is 0.173 e. The van der Waals surface area contributed by atoms with E-state index in [0.29, 0.717) is 0 Å². The molecule has 0 N–H and O–H groups in total. The third-order valence-corrected chi connectivity index (χ3v) is 2.91. The Balaban J connectivity index is 2.11. The molecule has 0 fully saturated rings. The van der Waals surface area contributed by atoms with E-state index < -0.39 is 0 Å². The van der Waals surface area contributed by atoms with Crippen molar-refractivity contribution >= 4 is 5.78 Å². The maximum atomic E-state index is 11.8. The molecule has 0 saturated heterocycles. The van der Waals surface area contributed by atoms with Gasteiger partial charge >= 0.3 is 0 Å². The second-order valence-electron chi connectivity index (χ2n) is 4.76. The van der Waals surface area contributed by atoms with Crippen LogP contribution in [-0.4, -0.2) is 5.78 Å². The minimum absolute atomic E-state index is 0.0509. The molecule has 0 bridgehead atoms. The monoisotopic (exact) mass is 240 g/mol. The number of Topliss-reactive ketones (excluding diaryl/α,β-unsaturated/α-hetero) is 1. The first-order chi connectivity index (χ1) is 8.66. The Morgan fingerprint density at radius 2 is 1.67 bits per heavy atom. The van der Waals surface area contributed by atoms with Gasteiger partial charge in [-0.05, 0) is 0 Å². The van der Waals surface area contributed by atoms with E-state index >= 15 is 0 Å². The van der Waals surface area contributed by atoms with E-state index in [0.717, 1.165) is 12.1 Å². The summed E-state index contributed by atoms with van der Waals surface area (Å²) in [6.45, 7) is 4.68. The Kier molecular flexibility index (Phi) is 3.88. The lowest BCUT2D eigenvalue weighted by molar-refractivity contribution is -0.688. The molecule has 2 aromatic rings. The van der Waals surface area contributed by atoms with E-state index in [1.807, 2.05) is 56.6 Å². The number of aromatic nitrogens is 1. The summed E-state index contributed by atoms with van der Waals surface area (Å²) in [6, 6.07) is 14.1. The van der Waals surface area contributed by atoms with Crippen LogP contribution >= 0.6 is 0 Å². The highest BCUT2D eigenvalue weighted by Crippen LogP contribution is 2.06. The van der Waals surface area contributed by atoms with E-state index in [-0.39, 0.29) is 11.7 Å². The van der Waals surface area contributed by atoms with Crippen LogP contribution in [0.3, 0.4) is 0 Å². The molecule has 0 aliphatic carbocycles. The Morgan fingerprint density at radius 3 is 2.22 bits per heavy atom. The molecule has 0 aliphatic heterocycles. The van der Waals surface area contributed by atoms with Gasteiger partial charge in [-0.25, -0.2) is 4.57 Å². The fraction of sp³-hybridized carbons (Fsp3) is 0.250. The molecule has 0 atom stereocenters. The maximum absolute atomic E-state index is 11.8. The van der Waals surface area contributed by atoms with Gasteiger partial charge in [0, 0.05) is 29.2 Å². The highest BCUT2D eigenvalue weighted by molar-refractivity contribution is 5.97. The third-order valence-electron chi connectivity index (χ3n) is 2.91. The summed E-state index contributed by atoms with van der Waals surface area (Å²) in [5, 5.41) is 0. The zero-order chi connectivity index (χ0) is 13.0. The van der Waals surface area contributed by atoms with Crippen molar-refractivity contribution in [1.82, 2.24) is 0 Å². The summed E-state index contributed by atoms with van der Waals surface area (Å²) < 4.78 is 2.08. The molecular formula is C16H18NO+. The number of carbonyl (C=O) groups is 1. The molecule has 0 spiro atoms. The van der Waals surface area contributed by atoms with Crippen molar-refractivity contribution in [2.45, 2.75) is 20.4 Å². The summed E-state index contributed by atoms with van der Waals surface area (Å²) in [5.74, 6) is 0.247. The number of rotatable bonds is 4. The van der Waals surface area contributed by atoms with Gasteiger partial charge in [-0.3, -0.25) is 4.79 Å². The lowest BCUT2D eigenvalue weighted by atomic mass is 10.0. The number of pyridine rings is 1. The molecule has 0 aliphatic rings. The number of hydrogen-bond donors (Lipinski definition) is 0. The Hall–Kier alpha value is -1.96. The smallest absolute Gasteiger partial charge is 0.173 e. The van der Waals surface area contributed by atoms with Crippen LogP contribution < -0.4 is 4.57 Å². The topological polar surface area (TPSA) is 20.9 Å². The lowest BCUT2D eigenvalue weighted by Crippen LogP contribution is -2.33. The van der Waals surface area contributed by atoms with Gasteiger partial charge in [-0.2, -0.15) is 0 Å². The summed E-state index contributed by atoms with van der Waals surface area (Å²) in [7, 11) is 0. The van der Waals surface area contributed by atoms with Gasteiger partial charge in [0.25, 0.3) is 0 Å². The van der Waals surface area contributed by atoms with Gasteiger partial charge in [0.05, 0.1) is 0 Å². The first-order valence-corrected chi connectivity index (χ1v) is 6.24. The molecule has 0 amide bonds. The molecule has 1 heterocycles. The predicted octanol–water partition coefficient (Wildman–Crippen LogP) is 2.86. The van der Waals surface area contributed by atoms with Crippen molar-refractivity contribution in [2.75, 3.05) is 0 Å². The molecule has 2 nitrogen and oxygen atoms in total. The molecule has 0 saturated carbocycles. The normalized spacial score (nSPS) is 10.6. The molecule has 1 aromatic carbocycles. The number of ketones is 1. The van der Waals surface area contributed by atoms with Gasteiger partial charge in [0.2, 0.25) is 0 Å². The number of hydrogen-bond acceptors (Lipinski definition) is 1. The molecular weight excluding hydrogens is 222 g/mol. The third kappa shape index (κ3) is 3.04. The molecule has 0 unspecified atom stereocenters. The standard InChI is InChI=1S/C16H18NO/c1-13(2)16(18)15-8-10-17(11-9-15)12-14-6-4-3-5-7-14/h3-11,13H,12H2,1-2H3/q+1. The Labute approximate surface area is 108 Å². The van der Waals surface area contributed by atoms with Crippen LogP contribution in [0.15, 0.2) is 54.9 Å². The van der Waals surface area contributed by atoms with Crippen molar-refractivity contribution in [3.8, 4) is 0 Å². The number of carbonyl (C=O) groups excluding carboxylic acids is 1. The quantitative estimate of drug-likeness (QED) is 0.594. The Bertz CT molecular complexity index is 515. The van der Waals surface area contributed by atoms with Gasteiger partial charge in [0.15, 0.2) is 24.7 Å². The molecule has 1 aromatic heterocycles. The molecule has 2 rings (SSSR count). The zero-order valence-corrected chi connectivity index (χ0v) is 10.8. The average Bonchev–Trinajstić information content (AvgIpc) is 2.40. The fourth-order valence-electron chi connectivity index (χ4n) is 1.85. The zero-order valence-electron chi connectivity index (χ0n) is 10.8. The molecule has 2 heteroatoms. The first kappa shape index (κ1) is 12.5. The van der Waals surface area contributed by atoms with Crippen molar-refractivity contribution in [3.05, 3.63) is 66.0 Å². The second-order valence-corrected chi connectivity index (χ2v) is 4.76. The van der Waals surface area contributed by atoms with Crippen LogP contribution in [0.2, 0.25) is 0 Å². The summed E-state index contributed by atoms with van der Waals surface area (Å²) >= 11 is 0. The second kappa shape index (κ2) is 5.58. The van der Waals surface area contributed by atoms with E-state index in [1.165, 1.54) is 5.56 Å². The highest BCUT2D eigenvalue weighted by atomic mass is 16.1. The van der Waals surface area contributed by atoms with Crippen molar-refractivity contribution < 1.29 is 9.36 Å². The van der Waals surface area contributed by atoms with Crippen LogP contribution in [0.25, 0.3) is 0 Å². The van der Waals surface area contributed by atoms with E-state index in [9.17, 15) is 4.79 Å². The van der Waals surface area contributed by atoms with Crippen molar-refractivity contribution in [3.63, 3.8) is 0 Å². The van der Waals surface area contributed by atoms with Crippen LogP contribution in [0.4, 0.5) is 0 Å². The minimum Gasteiger partial charge on any atom is -0.294 e. The SMILES string of the molecule is CC(C)C(=O)c1cc[n+](Cc2ccccc2)cc1. The van der Waals surface area contributed by atoms with E-state index in [1.54, 1.807) is 0 Å².